The molecule has 4 N–H and O–H groups in total. The van der Waals surface area contributed by atoms with E-state index in [4.69, 9.17) is 5.73 Å². The predicted molar refractivity (Wildman–Crippen MR) is 103 cm³/mol. The van der Waals surface area contributed by atoms with Crippen molar-refractivity contribution < 1.29 is 29.1 Å². The van der Waals surface area contributed by atoms with E-state index in [0.29, 0.717) is 0 Å². The molecule has 0 radical (unpaired) electrons. The Labute approximate surface area is 169 Å². The van der Waals surface area contributed by atoms with Crippen molar-refractivity contribution >= 4 is 34.9 Å². The van der Waals surface area contributed by atoms with Gasteiger partial charge in [0.05, 0.1) is 23.1 Å². The maximum absolute atomic E-state index is 13.2. The van der Waals surface area contributed by atoms with Gasteiger partial charge in [0, 0.05) is 17.3 Å². The number of nitrogens with two attached hydrogens (primary N) is 1. The Morgan fingerprint density at radius 3 is 2.27 bits per heavy atom. The van der Waals surface area contributed by atoms with E-state index < -0.39 is 41.8 Å². The summed E-state index contributed by atoms with van der Waals surface area (Å²) in [5, 5.41) is 11.5. The van der Waals surface area contributed by atoms with Crippen LogP contribution < -0.4 is 11.1 Å². The van der Waals surface area contributed by atoms with Gasteiger partial charge in [0.15, 0.2) is 5.78 Å². The van der Waals surface area contributed by atoms with Crippen molar-refractivity contribution in [3.05, 3.63) is 76.6 Å². The highest BCUT2D eigenvalue weighted by atomic mass is 16.4. The molecule has 30 heavy (non-hydrogen) atoms. The Morgan fingerprint density at radius 2 is 1.63 bits per heavy atom. The lowest BCUT2D eigenvalue weighted by Crippen LogP contribution is -2.43. The molecule has 0 aliphatic heterocycles. The van der Waals surface area contributed by atoms with Crippen LogP contribution in [0.5, 0.6) is 0 Å². The summed E-state index contributed by atoms with van der Waals surface area (Å²) < 4.78 is 1.43. The van der Waals surface area contributed by atoms with Crippen LogP contribution in [0.3, 0.4) is 0 Å². The number of benzene rings is 1. The van der Waals surface area contributed by atoms with Crippen molar-refractivity contribution in [2.75, 3.05) is 0 Å². The molecule has 0 saturated heterocycles. The quantitative estimate of drug-likeness (QED) is 0.447. The van der Waals surface area contributed by atoms with Crippen molar-refractivity contribution in [3.63, 3.8) is 0 Å². The zero-order valence-electron chi connectivity index (χ0n) is 15.4. The van der Waals surface area contributed by atoms with Crippen LogP contribution in [0.15, 0.2) is 48.7 Å². The second-order valence-electron chi connectivity index (χ2n) is 6.79. The Kier molecular flexibility index (Phi) is 4.42. The molecular weight excluding hydrogens is 390 g/mol. The average molecular weight is 405 g/mol. The summed E-state index contributed by atoms with van der Waals surface area (Å²) >= 11 is 0. The summed E-state index contributed by atoms with van der Waals surface area (Å²) in [6.07, 6.45) is 0.924. The molecule has 4 rings (SSSR count). The maximum atomic E-state index is 13.2. The summed E-state index contributed by atoms with van der Waals surface area (Å²) in [6.45, 7) is 0. The van der Waals surface area contributed by atoms with E-state index in [-0.39, 0.29) is 33.5 Å². The first kappa shape index (κ1) is 19.1. The van der Waals surface area contributed by atoms with Gasteiger partial charge in [0.2, 0.25) is 11.7 Å². The van der Waals surface area contributed by atoms with E-state index in [0.717, 1.165) is 0 Å². The third-order valence-corrected chi connectivity index (χ3v) is 4.94. The van der Waals surface area contributed by atoms with Crippen molar-refractivity contribution in [3.8, 4) is 0 Å². The number of nitrogens with zero attached hydrogens (tertiary/aromatic N) is 1. The Morgan fingerprint density at radius 1 is 1.00 bits per heavy atom. The van der Waals surface area contributed by atoms with Gasteiger partial charge in [-0.25, -0.2) is 4.79 Å². The second-order valence-corrected chi connectivity index (χ2v) is 6.79. The number of carboxylic acid groups (broad SMARTS) is 1. The van der Waals surface area contributed by atoms with Crippen LogP contribution in [-0.2, 0) is 9.59 Å². The number of hydrogen-bond acceptors (Lipinski definition) is 5. The first-order valence-electron chi connectivity index (χ1n) is 8.94. The minimum Gasteiger partial charge on any atom is -0.480 e. The Balaban J connectivity index is 1.91. The fourth-order valence-electron chi connectivity index (χ4n) is 3.66. The van der Waals surface area contributed by atoms with Crippen LogP contribution in [0.4, 0.5) is 0 Å². The van der Waals surface area contributed by atoms with Gasteiger partial charge in [-0.2, -0.15) is 0 Å². The zero-order chi connectivity index (χ0) is 21.6. The second kappa shape index (κ2) is 6.96. The number of nitrogens with one attached hydrogen (secondary N) is 1. The van der Waals surface area contributed by atoms with E-state index in [9.17, 15) is 29.1 Å². The lowest BCUT2D eigenvalue weighted by Gasteiger charge is -2.16. The summed E-state index contributed by atoms with van der Waals surface area (Å²) in [5.74, 6) is -4.20. The van der Waals surface area contributed by atoms with Crippen molar-refractivity contribution in [1.82, 2.24) is 9.72 Å². The van der Waals surface area contributed by atoms with Gasteiger partial charge in [-0.05, 0) is 12.1 Å². The number of aromatic nitrogens is 1. The number of carbonyl (C=O) groups excluding carboxylic acids is 4. The molecule has 0 bridgehead atoms. The number of ketones is 2. The third-order valence-electron chi connectivity index (χ3n) is 4.94. The molecule has 3 aromatic rings. The summed E-state index contributed by atoms with van der Waals surface area (Å²) in [6, 6.07) is 9.51. The highest BCUT2D eigenvalue weighted by Gasteiger charge is 2.38. The summed E-state index contributed by atoms with van der Waals surface area (Å²) in [5.41, 5.74) is 5.50. The van der Waals surface area contributed by atoms with Gasteiger partial charge in [0.1, 0.15) is 11.7 Å². The molecule has 1 atom stereocenters. The molecule has 2 heterocycles. The predicted octanol–water partition coefficient (Wildman–Crippen LogP) is 0.773. The smallest absolute Gasteiger partial charge is 0.326 e. The average Bonchev–Trinajstić information content (AvgIpc) is 3.07. The van der Waals surface area contributed by atoms with E-state index in [1.54, 1.807) is 36.5 Å². The number of aliphatic carboxylic acids is 1. The van der Waals surface area contributed by atoms with Crippen LogP contribution in [0.1, 0.15) is 48.8 Å². The van der Waals surface area contributed by atoms with Crippen molar-refractivity contribution in [2.24, 2.45) is 5.73 Å². The largest absolute Gasteiger partial charge is 0.480 e. The van der Waals surface area contributed by atoms with Crippen molar-refractivity contribution in [1.29, 1.82) is 0 Å². The monoisotopic (exact) mass is 405 g/mol. The van der Waals surface area contributed by atoms with Gasteiger partial charge in [0.25, 0.3) is 5.91 Å². The lowest BCUT2D eigenvalue weighted by atomic mass is 9.86. The van der Waals surface area contributed by atoms with Crippen LogP contribution in [0.2, 0.25) is 0 Å². The van der Waals surface area contributed by atoms with Gasteiger partial charge in [-0.15, -0.1) is 0 Å². The first-order chi connectivity index (χ1) is 14.3. The van der Waals surface area contributed by atoms with E-state index in [1.807, 2.05) is 0 Å². The minimum absolute atomic E-state index is 0.0289. The standard InChI is InChI=1S/C21H15N3O6/c22-14(25)9-12(21(29)30)23-20(28)15-13-7-3-4-8-24(13)17-16(15)18(26)10-5-1-2-6-11(10)19(17)27/h1-8,12H,9H2,(H2,22,25)(H,23,28)(H,29,30). The number of fused-ring (bicyclic) bond motifs is 4. The number of rotatable bonds is 5. The molecule has 150 valence electrons. The Bertz CT molecular complexity index is 1270. The number of pyridine rings is 1. The highest BCUT2D eigenvalue weighted by molar-refractivity contribution is 6.32. The van der Waals surface area contributed by atoms with Crippen LogP contribution in [0, 0.1) is 0 Å². The molecule has 2 amide bonds. The molecular formula is C21H15N3O6. The van der Waals surface area contributed by atoms with Gasteiger partial charge in [-0.1, -0.05) is 30.3 Å². The molecule has 1 aliphatic rings. The van der Waals surface area contributed by atoms with Gasteiger partial charge < -0.3 is 20.6 Å². The highest BCUT2D eigenvalue weighted by Crippen LogP contribution is 2.33. The maximum Gasteiger partial charge on any atom is 0.326 e. The molecule has 9 heteroatoms. The molecule has 1 aliphatic carbocycles. The van der Waals surface area contributed by atoms with Crippen LogP contribution in [0.25, 0.3) is 5.52 Å². The number of primary amides is 1. The number of carboxylic acids is 1. The normalized spacial score (nSPS) is 13.5. The van der Waals surface area contributed by atoms with E-state index in [1.165, 1.54) is 16.5 Å². The minimum atomic E-state index is -1.58. The van der Waals surface area contributed by atoms with Gasteiger partial charge >= 0.3 is 5.97 Å². The molecule has 1 aromatic carbocycles. The van der Waals surface area contributed by atoms with Gasteiger partial charge in [-0.3, -0.25) is 19.2 Å². The van der Waals surface area contributed by atoms with Crippen LogP contribution >= 0.6 is 0 Å². The molecule has 9 nitrogen and oxygen atoms in total. The Hall–Kier alpha value is -4.27. The number of amides is 2. The zero-order valence-corrected chi connectivity index (χ0v) is 15.4. The van der Waals surface area contributed by atoms with E-state index >= 15 is 0 Å². The topological polar surface area (TPSA) is 148 Å². The summed E-state index contributed by atoms with van der Waals surface area (Å²) in [7, 11) is 0. The summed E-state index contributed by atoms with van der Waals surface area (Å²) in [4.78, 5) is 62.0. The number of hydrogen-bond donors (Lipinski definition) is 3. The molecule has 0 spiro atoms. The number of carbonyl (C=O) groups is 5. The third kappa shape index (κ3) is 2.84. The first-order valence-corrected chi connectivity index (χ1v) is 8.94. The fourth-order valence-corrected chi connectivity index (χ4v) is 3.66. The molecule has 0 saturated carbocycles. The fraction of sp³-hybridized carbons (Fsp3) is 0.0952. The molecule has 2 aromatic heterocycles. The lowest BCUT2D eigenvalue weighted by molar-refractivity contribution is -0.140. The van der Waals surface area contributed by atoms with E-state index in [2.05, 4.69) is 5.32 Å². The van der Waals surface area contributed by atoms with Crippen LogP contribution in [-0.4, -0.2) is 44.9 Å². The molecule has 0 fully saturated rings. The van der Waals surface area contributed by atoms with Crippen molar-refractivity contribution in [2.45, 2.75) is 12.5 Å². The molecule has 1 unspecified atom stereocenters. The SMILES string of the molecule is NC(=O)CC(NC(=O)c1c2c(n3ccccc13)C(=O)c1ccccc1C2=O)C(=O)O.